The molecular weight excluding hydrogens is 365 g/mol. The molecule has 0 atom stereocenters. The first-order valence-electron chi connectivity index (χ1n) is 8.86. The van der Waals surface area contributed by atoms with Gasteiger partial charge in [-0.2, -0.15) is 0 Å². The number of ether oxygens (including phenoxy) is 1. The van der Waals surface area contributed by atoms with Gasteiger partial charge in [0.15, 0.2) is 0 Å². The van der Waals surface area contributed by atoms with Gasteiger partial charge in [-0.05, 0) is 30.5 Å². The van der Waals surface area contributed by atoms with Gasteiger partial charge in [0.25, 0.3) is 5.56 Å². The molecule has 1 aromatic carbocycles. The van der Waals surface area contributed by atoms with Crippen molar-refractivity contribution in [2.24, 2.45) is 7.05 Å². The van der Waals surface area contributed by atoms with Crippen LogP contribution in [-0.2, 0) is 11.8 Å². The largest absolute Gasteiger partial charge is 0.462 e. The number of aromatic amines is 1. The summed E-state index contributed by atoms with van der Waals surface area (Å²) >= 11 is 0. The minimum Gasteiger partial charge on any atom is -0.462 e. The van der Waals surface area contributed by atoms with Crippen molar-refractivity contribution in [3.8, 4) is 11.1 Å². The van der Waals surface area contributed by atoms with Gasteiger partial charge < -0.3 is 4.74 Å². The number of aromatic nitrogens is 3. The summed E-state index contributed by atoms with van der Waals surface area (Å²) in [5, 5.41) is 0.0705. The number of carbonyl (C=O) groups excluding carboxylic acids is 1. The summed E-state index contributed by atoms with van der Waals surface area (Å²) in [6.07, 6.45) is 0. The third kappa shape index (κ3) is 3.21. The minimum atomic E-state index is -0.675. The maximum atomic E-state index is 13.5. The van der Waals surface area contributed by atoms with Crippen LogP contribution in [0.15, 0.2) is 33.9 Å². The number of esters is 1. The molecule has 0 fully saturated rings. The van der Waals surface area contributed by atoms with Crippen LogP contribution in [0, 0.1) is 5.82 Å². The first-order chi connectivity index (χ1) is 13.3. The summed E-state index contributed by atoms with van der Waals surface area (Å²) in [6.45, 7) is 5.50. The monoisotopic (exact) mass is 385 g/mol. The normalized spacial score (nSPS) is 11.2. The van der Waals surface area contributed by atoms with E-state index < -0.39 is 23.0 Å². The average Bonchev–Trinajstić information content (AvgIpc) is 2.65. The molecule has 0 amide bonds. The van der Waals surface area contributed by atoms with Gasteiger partial charge in [0.2, 0.25) is 0 Å². The van der Waals surface area contributed by atoms with Crippen LogP contribution in [0.2, 0.25) is 0 Å². The Morgan fingerprint density at radius 3 is 2.46 bits per heavy atom. The zero-order valence-electron chi connectivity index (χ0n) is 16.0. The van der Waals surface area contributed by atoms with Gasteiger partial charge in [-0.3, -0.25) is 14.3 Å². The van der Waals surface area contributed by atoms with Crippen LogP contribution in [0.4, 0.5) is 4.39 Å². The van der Waals surface area contributed by atoms with Crippen molar-refractivity contribution in [3.05, 3.63) is 62.2 Å². The van der Waals surface area contributed by atoms with E-state index in [1.54, 1.807) is 6.92 Å². The van der Waals surface area contributed by atoms with E-state index in [-0.39, 0.29) is 34.7 Å². The Balaban J connectivity index is 2.60. The Bertz CT molecular complexity index is 1180. The highest BCUT2D eigenvalue weighted by Crippen LogP contribution is 2.34. The fraction of sp³-hybridized carbons (Fsp3) is 0.300. The third-order valence-electron chi connectivity index (χ3n) is 4.44. The predicted octanol–water partition coefficient (Wildman–Crippen LogP) is 2.73. The maximum Gasteiger partial charge on any atom is 0.340 e. The number of halogens is 1. The van der Waals surface area contributed by atoms with E-state index in [2.05, 4.69) is 9.97 Å². The van der Waals surface area contributed by atoms with Gasteiger partial charge in [0.05, 0.1) is 23.3 Å². The molecule has 0 radical (unpaired) electrons. The van der Waals surface area contributed by atoms with Gasteiger partial charge in [0, 0.05) is 12.6 Å². The molecule has 0 aliphatic carbocycles. The topological polar surface area (TPSA) is 94.1 Å². The van der Waals surface area contributed by atoms with E-state index in [0.29, 0.717) is 11.3 Å². The molecule has 28 heavy (non-hydrogen) atoms. The van der Waals surface area contributed by atoms with Crippen LogP contribution in [0.3, 0.4) is 0 Å². The zero-order chi connectivity index (χ0) is 20.6. The average molecular weight is 385 g/mol. The summed E-state index contributed by atoms with van der Waals surface area (Å²) < 4.78 is 19.9. The molecule has 1 N–H and O–H groups in total. The Kier molecular flexibility index (Phi) is 5.13. The summed E-state index contributed by atoms with van der Waals surface area (Å²) in [7, 11) is 1.48. The van der Waals surface area contributed by atoms with Crippen molar-refractivity contribution in [1.82, 2.24) is 14.5 Å². The van der Waals surface area contributed by atoms with E-state index in [4.69, 9.17) is 4.74 Å². The lowest BCUT2D eigenvalue weighted by Gasteiger charge is -2.18. The maximum absolute atomic E-state index is 13.5. The quantitative estimate of drug-likeness (QED) is 0.697. The summed E-state index contributed by atoms with van der Waals surface area (Å²) in [5.41, 5.74) is 0.0992. The number of fused-ring (bicyclic) bond motifs is 1. The number of H-pyrrole nitrogens is 1. The lowest BCUT2D eigenvalue weighted by atomic mass is 9.92. The molecule has 0 aliphatic heterocycles. The predicted molar refractivity (Wildman–Crippen MR) is 103 cm³/mol. The molecule has 146 valence electrons. The second kappa shape index (κ2) is 7.38. The van der Waals surface area contributed by atoms with Crippen LogP contribution in [-0.4, -0.2) is 27.1 Å². The van der Waals surface area contributed by atoms with Gasteiger partial charge in [-0.1, -0.05) is 26.0 Å². The molecule has 3 aromatic rings. The zero-order valence-corrected chi connectivity index (χ0v) is 16.0. The van der Waals surface area contributed by atoms with Crippen molar-refractivity contribution < 1.29 is 13.9 Å². The molecule has 2 aromatic heterocycles. The fourth-order valence-electron chi connectivity index (χ4n) is 3.12. The Labute approximate surface area is 159 Å². The SMILES string of the molecule is CCOC(=O)c1c(C(C)C)nc2c(c1-c1ccc(F)cc1)c(=O)[nH]c(=O)n2C. The molecule has 0 unspecified atom stereocenters. The van der Waals surface area contributed by atoms with Gasteiger partial charge >= 0.3 is 11.7 Å². The van der Waals surface area contributed by atoms with Crippen molar-refractivity contribution >= 4 is 17.0 Å². The minimum absolute atomic E-state index is 0.0705. The highest BCUT2D eigenvalue weighted by molar-refractivity contribution is 6.07. The van der Waals surface area contributed by atoms with Gasteiger partial charge in [-0.25, -0.2) is 19.0 Å². The lowest BCUT2D eigenvalue weighted by Crippen LogP contribution is -2.30. The van der Waals surface area contributed by atoms with Crippen LogP contribution < -0.4 is 11.2 Å². The van der Waals surface area contributed by atoms with E-state index in [1.165, 1.54) is 35.9 Å². The molecule has 0 saturated carbocycles. The fourth-order valence-corrected chi connectivity index (χ4v) is 3.12. The second-order valence-electron chi connectivity index (χ2n) is 6.65. The number of aryl methyl sites for hydroxylation is 1. The highest BCUT2D eigenvalue weighted by atomic mass is 19.1. The Morgan fingerprint density at radius 1 is 1.25 bits per heavy atom. The number of carbonyl (C=O) groups is 1. The van der Waals surface area contributed by atoms with Crippen molar-refractivity contribution in [2.45, 2.75) is 26.7 Å². The summed E-state index contributed by atoms with van der Waals surface area (Å²) in [6, 6.07) is 5.42. The van der Waals surface area contributed by atoms with Crippen LogP contribution in [0.5, 0.6) is 0 Å². The first-order valence-corrected chi connectivity index (χ1v) is 8.86. The third-order valence-corrected chi connectivity index (χ3v) is 4.44. The Hall–Kier alpha value is -3.29. The second-order valence-corrected chi connectivity index (χ2v) is 6.65. The van der Waals surface area contributed by atoms with Crippen molar-refractivity contribution in [2.75, 3.05) is 6.61 Å². The lowest BCUT2D eigenvalue weighted by molar-refractivity contribution is 0.0525. The number of benzene rings is 1. The smallest absolute Gasteiger partial charge is 0.340 e. The molecule has 0 bridgehead atoms. The van der Waals surface area contributed by atoms with Gasteiger partial charge in [-0.15, -0.1) is 0 Å². The number of nitrogens with one attached hydrogen (secondary N) is 1. The summed E-state index contributed by atoms with van der Waals surface area (Å²) in [4.78, 5) is 44.3. The van der Waals surface area contributed by atoms with E-state index >= 15 is 0 Å². The van der Waals surface area contributed by atoms with Crippen LogP contribution in [0.1, 0.15) is 42.7 Å². The number of hydrogen-bond donors (Lipinski definition) is 1. The molecule has 0 aliphatic rings. The van der Waals surface area contributed by atoms with Crippen molar-refractivity contribution in [1.29, 1.82) is 0 Å². The molecular formula is C20H20FN3O4. The van der Waals surface area contributed by atoms with Crippen LogP contribution in [0.25, 0.3) is 22.2 Å². The number of nitrogens with zero attached hydrogens (tertiary/aromatic N) is 2. The standard InChI is InChI=1S/C20H20FN3O4/c1-5-28-19(26)14-13(11-6-8-12(21)9-7-11)15-17(22-16(14)10(2)3)24(4)20(27)23-18(15)25/h6-10H,5H2,1-4H3,(H,23,25,27). The molecule has 0 spiro atoms. The van der Waals surface area contributed by atoms with E-state index in [9.17, 15) is 18.8 Å². The molecule has 3 rings (SSSR count). The summed E-state index contributed by atoms with van der Waals surface area (Å²) in [5.74, 6) is -1.28. The first kappa shape index (κ1) is 19.5. The molecule has 7 nitrogen and oxygen atoms in total. The van der Waals surface area contributed by atoms with Crippen LogP contribution >= 0.6 is 0 Å². The molecule has 8 heteroatoms. The number of pyridine rings is 1. The van der Waals surface area contributed by atoms with E-state index in [0.717, 1.165) is 0 Å². The van der Waals surface area contributed by atoms with Crippen molar-refractivity contribution in [3.63, 3.8) is 0 Å². The molecule has 0 saturated heterocycles. The molecule has 2 heterocycles. The van der Waals surface area contributed by atoms with E-state index in [1.807, 2.05) is 13.8 Å². The Morgan fingerprint density at radius 2 is 1.89 bits per heavy atom. The number of rotatable bonds is 4. The number of hydrogen-bond acceptors (Lipinski definition) is 5. The van der Waals surface area contributed by atoms with Gasteiger partial charge in [0.1, 0.15) is 11.5 Å². The highest BCUT2D eigenvalue weighted by Gasteiger charge is 2.27.